The van der Waals surface area contributed by atoms with Gasteiger partial charge in [0.1, 0.15) is 4.90 Å². The van der Waals surface area contributed by atoms with E-state index < -0.39 is 10.1 Å². The van der Waals surface area contributed by atoms with Crippen molar-refractivity contribution < 1.29 is 17.8 Å². The number of amides is 1. The summed E-state index contributed by atoms with van der Waals surface area (Å²) in [6.07, 6.45) is 0. The predicted molar refractivity (Wildman–Crippen MR) is 102 cm³/mol. The lowest BCUT2D eigenvalue weighted by molar-refractivity contribution is -0.114. The highest BCUT2D eigenvalue weighted by atomic mass is 32.2. The molecule has 5 N–H and O–H groups in total. The molecule has 1 amide bonds. The van der Waals surface area contributed by atoms with Crippen LogP contribution in [-0.2, 0) is 14.9 Å². The number of nitrogen functional groups attached to an aromatic ring is 1. The van der Waals surface area contributed by atoms with Gasteiger partial charge in [-0.05, 0) is 24.3 Å². The number of hydrogen-bond acceptors (Lipinski definition) is 5. The van der Waals surface area contributed by atoms with Gasteiger partial charge in [0.15, 0.2) is 0 Å². The molecule has 0 aliphatic heterocycles. The number of carbonyl (C=O) groups excluding carboxylic acids is 1. The molecule has 0 aromatic heterocycles. The van der Waals surface area contributed by atoms with Crippen LogP contribution >= 0.6 is 0 Å². The first-order valence-electron chi connectivity index (χ1n) is 7.69. The van der Waals surface area contributed by atoms with E-state index in [4.69, 9.17) is 5.73 Å². The van der Waals surface area contributed by atoms with Gasteiger partial charge in [-0.15, -0.1) is 0 Å². The van der Waals surface area contributed by atoms with Crippen LogP contribution in [0.1, 0.15) is 6.92 Å². The summed E-state index contributed by atoms with van der Waals surface area (Å²) in [6, 6.07) is 15.2. The molecule has 0 fully saturated rings. The van der Waals surface area contributed by atoms with Gasteiger partial charge < -0.3 is 16.4 Å². The number of rotatable bonds is 4. The summed E-state index contributed by atoms with van der Waals surface area (Å²) in [5.74, 6) is -0.200. The van der Waals surface area contributed by atoms with Gasteiger partial charge in [-0.25, -0.2) is 0 Å². The molecule has 26 heavy (non-hydrogen) atoms. The second-order valence-corrected chi connectivity index (χ2v) is 7.13. The molecule has 0 radical (unpaired) electrons. The van der Waals surface area contributed by atoms with E-state index in [-0.39, 0.29) is 16.5 Å². The molecule has 7 nitrogen and oxygen atoms in total. The Kier molecular flexibility index (Phi) is 4.54. The van der Waals surface area contributed by atoms with Gasteiger partial charge in [0.25, 0.3) is 10.1 Å². The van der Waals surface area contributed by atoms with Crippen molar-refractivity contribution in [1.29, 1.82) is 0 Å². The van der Waals surface area contributed by atoms with Crippen LogP contribution < -0.4 is 16.4 Å². The Morgan fingerprint density at radius 2 is 1.65 bits per heavy atom. The summed E-state index contributed by atoms with van der Waals surface area (Å²) in [5, 5.41) is 7.00. The lowest BCUT2D eigenvalue weighted by atomic mass is 10.1. The summed E-state index contributed by atoms with van der Waals surface area (Å²) < 4.78 is 32.8. The Labute approximate surface area is 150 Å². The molecule has 3 rings (SSSR count). The van der Waals surface area contributed by atoms with Crippen LogP contribution in [0.2, 0.25) is 0 Å². The minimum absolute atomic E-state index is 0.0133. The monoisotopic (exact) mass is 371 g/mol. The van der Waals surface area contributed by atoms with Gasteiger partial charge in [0.05, 0.1) is 5.69 Å². The van der Waals surface area contributed by atoms with E-state index in [1.54, 1.807) is 48.5 Å². The summed E-state index contributed by atoms with van der Waals surface area (Å²) in [5.41, 5.74) is 7.61. The quantitative estimate of drug-likeness (QED) is 0.412. The standard InChI is InChI=1S/C18H17N3O4S/c1-11(22)20-12-5-4-6-13(9-12)21-16-10-17(26(23,24)25)18(19)15-8-3-2-7-14(15)16/h2-10,21H,19H2,1H3,(H,20,22)(H,23,24,25). The molecule has 0 unspecified atom stereocenters. The highest BCUT2D eigenvalue weighted by Crippen LogP contribution is 2.35. The fourth-order valence-electron chi connectivity index (χ4n) is 2.72. The maximum absolute atomic E-state index is 11.7. The van der Waals surface area contributed by atoms with Crippen LogP contribution in [-0.4, -0.2) is 18.9 Å². The minimum Gasteiger partial charge on any atom is -0.397 e. The van der Waals surface area contributed by atoms with E-state index in [9.17, 15) is 17.8 Å². The summed E-state index contributed by atoms with van der Waals surface area (Å²) in [7, 11) is -4.49. The molecule has 0 atom stereocenters. The Bertz CT molecular complexity index is 1110. The highest BCUT2D eigenvalue weighted by Gasteiger charge is 2.19. The first-order chi connectivity index (χ1) is 12.3. The van der Waals surface area contributed by atoms with E-state index in [1.165, 1.54) is 13.0 Å². The van der Waals surface area contributed by atoms with Crippen LogP contribution in [0.3, 0.4) is 0 Å². The number of nitrogens with two attached hydrogens (primary N) is 1. The van der Waals surface area contributed by atoms with Crippen molar-refractivity contribution in [2.45, 2.75) is 11.8 Å². The van der Waals surface area contributed by atoms with Crippen molar-refractivity contribution in [2.75, 3.05) is 16.4 Å². The number of nitrogens with one attached hydrogen (secondary N) is 2. The zero-order valence-electron chi connectivity index (χ0n) is 13.9. The van der Waals surface area contributed by atoms with E-state index in [0.29, 0.717) is 27.8 Å². The average molecular weight is 371 g/mol. The van der Waals surface area contributed by atoms with Gasteiger partial charge in [-0.2, -0.15) is 8.42 Å². The van der Waals surface area contributed by atoms with E-state index in [1.807, 2.05) is 0 Å². The van der Waals surface area contributed by atoms with E-state index in [2.05, 4.69) is 10.6 Å². The molecule has 0 bridgehead atoms. The molecule has 0 aliphatic carbocycles. The predicted octanol–water partition coefficient (Wildman–Crippen LogP) is 3.37. The number of fused-ring (bicyclic) bond motifs is 1. The second-order valence-electron chi connectivity index (χ2n) is 5.74. The van der Waals surface area contributed by atoms with Gasteiger partial charge in [0, 0.05) is 34.8 Å². The third-order valence-corrected chi connectivity index (χ3v) is 4.68. The third kappa shape index (κ3) is 3.61. The minimum atomic E-state index is -4.49. The Balaban J connectivity index is 2.13. The molecule has 0 saturated heterocycles. The fraction of sp³-hybridized carbons (Fsp3) is 0.0556. The molecule has 3 aromatic rings. The van der Waals surface area contributed by atoms with Crippen LogP contribution in [0.4, 0.5) is 22.7 Å². The zero-order chi connectivity index (χ0) is 18.9. The average Bonchev–Trinajstić information content (AvgIpc) is 2.56. The maximum Gasteiger partial charge on any atom is 0.296 e. The summed E-state index contributed by atoms with van der Waals surface area (Å²) in [6.45, 7) is 1.41. The third-order valence-electron chi connectivity index (χ3n) is 3.79. The zero-order valence-corrected chi connectivity index (χ0v) is 14.7. The lowest BCUT2D eigenvalue weighted by Gasteiger charge is -2.15. The Hall–Kier alpha value is -3.10. The van der Waals surface area contributed by atoms with E-state index in [0.717, 1.165) is 0 Å². The lowest BCUT2D eigenvalue weighted by Crippen LogP contribution is -2.07. The van der Waals surface area contributed by atoms with Crippen molar-refractivity contribution in [3.05, 3.63) is 54.6 Å². The SMILES string of the molecule is CC(=O)Nc1cccc(Nc2cc(S(=O)(=O)O)c(N)c3ccccc23)c1. The molecular formula is C18H17N3O4S. The molecule has 134 valence electrons. The molecular weight excluding hydrogens is 354 g/mol. The number of hydrogen-bond donors (Lipinski definition) is 4. The fourth-order valence-corrected chi connectivity index (χ4v) is 3.38. The molecule has 0 saturated carbocycles. The molecule has 3 aromatic carbocycles. The molecule has 8 heteroatoms. The van der Waals surface area contributed by atoms with Crippen LogP contribution in [0.5, 0.6) is 0 Å². The van der Waals surface area contributed by atoms with Gasteiger partial charge >= 0.3 is 0 Å². The smallest absolute Gasteiger partial charge is 0.296 e. The second kappa shape index (κ2) is 6.66. The molecule has 0 aliphatic rings. The maximum atomic E-state index is 11.7. The van der Waals surface area contributed by atoms with Gasteiger partial charge in [0.2, 0.25) is 5.91 Å². The van der Waals surface area contributed by atoms with Crippen molar-refractivity contribution in [3.8, 4) is 0 Å². The van der Waals surface area contributed by atoms with Crippen LogP contribution in [0.15, 0.2) is 59.5 Å². The molecule has 0 spiro atoms. The Morgan fingerprint density at radius 1 is 1.00 bits per heavy atom. The van der Waals surface area contributed by atoms with E-state index >= 15 is 0 Å². The van der Waals surface area contributed by atoms with Crippen molar-refractivity contribution in [3.63, 3.8) is 0 Å². The van der Waals surface area contributed by atoms with Gasteiger partial charge in [-0.3, -0.25) is 9.35 Å². The largest absolute Gasteiger partial charge is 0.397 e. The summed E-state index contributed by atoms with van der Waals surface area (Å²) in [4.78, 5) is 10.8. The van der Waals surface area contributed by atoms with Crippen LogP contribution in [0.25, 0.3) is 10.8 Å². The topological polar surface area (TPSA) is 122 Å². The first-order valence-corrected chi connectivity index (χ1v) is 9.13. The number of benzene rings is 3. The molecule has 0 heterocycles. The summed E-state index contributed by atoms with van der Waals surface area (Å²) >= 11 is 0. The van der Waals surface area contributed by atoms with Gasteiger partial charge in [-0.1, -0.05) is 30.3 Å². The van der Waals surface area contributed by atoms with Crippen molar-refractivity contribution >= 4 is 49.5 Å². The van der Waals surface area contributed by atoms with Crippen molar-refractivity contribution in [1.82, 2.24) is 0 Å². The highest BCUT2D eigenvalue weighted by molar-refractivity contribution is 7.86. The van der Waals surface area contributed by atoms with Crippen molar-refractivity contribution in [2.24, 2.45) is 0 Å². The first kappa shape index (κ1) is 17.7. The Morgan fingerprint density at radius 3 is 2.31 bits per heavy atom. The number of carbonyl (C=O) groups is 1. The normalized spacial score (nSPS) is 11.3. The van der Waals surface area contributed by atoms with Crippen LogP contribution in [0, 0.1) is 0 Å². The number of anilines is 4.